The molecule has 0 aromatic heterocycles. The van der Waals surface area contributed by atoms with Crippen LogP contribution in [0, 0.1) is 28.1 Å². The minimum absolute atomic E-state index is 0.0166. The maximum absolute atomic E-state index is 12.9. The molecule has 0 fully saturated rings. The summed E-state index contributed by atoms with van der Waals surface area (Å²) in [6, 6.07) is 0. The highest BCUT2D eigenvalue weighted by Crippen LogP contribution is 2.36. The third-order valence-corrected chi connectivity index (χ3v) is 9.03. The molecular formula is C41H75NO8. The Labute approximate surface area is 306 Å². The van der Waals surface area contributed by atoms with Crippen molar-refractivity contribution in [3.05, 3.63) is 12.2 Å². The molecule has 9 heteroatoms. The van der Waals surface area contributed by atoms with Crippen molar-refractivity contribution in [2.45, 2.75) is 152 Å². The normalized spacial score (nSPS) is 14.4. The Balaban J connectivity index is 4.38. The Bertz CT molecular complexity index is 984. The molecule has 0 heterocycles. The van der Waals surface area contributed by atoms with Crippen LogP contribution in [0.1, 0.15) is 146 Å². The number of nitrogens with zero attached hydrogens (tertiary/aromatic N) is 1. The van der Waals surface area contributed by atoms with Crippen LogP contribution >= 0.6 is 0 Å². The first-order valence-corrected chi connectivity index (χ1v) is 19.1. The number of carbonyl (C=O) groups excluding carboxylic acids is 4. The molecule has 50 heavy (non-hydrogen) atoms. The standard InChI is InChI=1S/C41H75NO8/c1-33(26-37(45)48-25-21-20-24-43)28-42(10)32-41(8,9)34(2)27-38(46)50-35(29-47-11)30-49-36(44)22-18-16-14-12-13-15-17-19-23-40(6,7)31-39(3,4)5/h17,19,24,33-35H,12-16,18,20-23,25-32H2,1-11H3/b19-17-. The number of hydrogen-bond acceptors (Lipinski definition) is 9. The zero-order valence-electron chi connectivity index (χ0n) is 33.9. The molecule has 0 amide bonds. The first-order valence-electron chi connectivity index (χ1n) is 19.1. The number of carbonyl (C=O) groups is 4. The van der Waals surface area contributed by atoms with Gasteiger partial charge in [0.25, 0.3) is 0 Å². The van der Waals surface area contributed by atoms with Crippen molar-refractivity contribution in [2.75, 3.05) is 47.1 Å². The third kappa shape index (κ3) is 26.5. The van der Waals surface area contributed by atoms with E-state index in [1.54, 1.807) is 0 Å². The van der Waals surface area contributed by atoms with Gasteiger partial charge in [0, 0.05) is 45.9 Å². The summed E-state index contributed by atoms with van der Waals surface area (Å²) in [4.78, 5) is 49.9. The van der Waals surface area contributed by atoms with Gasteiger partial charge in [0.15, 0.2) is 6.10 Å². The van der Waals surface area contributed by atoms with Gasteiger partial charge >= 0.3 is 17.9 Å². The molecule has 0 aromatic rings. The smallest absolute Gasteiger partial charge is 0.306 e. The second-order valence-corrected chi connectivity index (χ2v) is 17.3. The van der Waals surface area contributed by atoms with Crippen LogP contribution in [0.2, 0.25) is 0 Å². The fourth-order valence-corrected chi connectivity index (χ4v) is 6.62. The molecule has 9 nitrogen and oxygen atoms in total. The van der Waals surface area contributed by atoms with Gasteiger partial charge in [0.05, 0.1) is 13.2 Å². The van der Waals surface area contributed by atoms with Crippen molar-refractivity contribution in [3.8, 4) is 0 Å². The molecule has 0 aromatic carbocycles. The van der Waals surface area contributed by atoms with Crippen molar-refractivity contribution < 1.29 is 38.1 Å². The summed E-state index contributed by atoms with van der Waals surface area (Å²) >= 11 is 0. The quantitative estimate of drug-likeness (QED) is 0.0248. The van der Waals surface area contributed by atoms with E-state index in [1.807, 2.05) is 20.9 Å². The number of aldehydes is 1. The van der Waals surface area contributed by atoms with Crippen LogP contribution in [0.4, 0.5) is 0 Å². The van der Waals surface area contributed by atoms with Gasteiger partial charge in [-0.05, 0) is 73.7 Å². The third-order valence-electron chi connectivity index (χ3n) is 9.03. The predicted molar refractivity (Wildman–Crippen MR) is 202 cm³/mol. The highest BCUT2D eigenvalue weighted by Gasteiger charge is 2.31. The fraction of sp³-hybridized carbons (Fsp3) is 0.854. The largest absolute Gasteiger partial charge is 0.466 e. The van der Waals surface area contributed by atoms with Gasteiger partial charge in [-0.1, -0.05) is 93.7 Å². The number of hydrogen-bond donors (Lipinski definition) is 0. The molecule has 0 aliphatic heterocycles. The molecule has 0 rings (SSSR count). The Hall–Kier alpha value is -2.26. The highest BCUT2D eigenvalue weighted by molar-refractivity contribution is 5.71. The molecule has 292 valence electrons. The Morgan fingerprint density at radius 1 is 0.760 bits per heavy atom. The number of methoxy groups -OCH3 is 1. The summed E-state index contributed by atoms with van der Waals surface area (Å²) in [5.74, 6) is -0.755. The zero-order chi connectivity index (χ0) is 38.2. The van der Waals surface area contributed by atoms with Crippen molar-refractivity contribution in [3.63, 3.8) is 0 Å². The maximum atomic E-state index is 12.9. The first-order chi connectivity index (χ1) is 23.3. The minimum atomic E-state index is -0.652. The molecule has 0 aliphatic rings. The molecule has 0 spiro atoms. The van der Waals surface area contributed by atoms with Crippen LogP contribution in [0.25, 0.3) is 0 Å². The number of ether oxygens (including phenoxy) is 4. The van der Waals surface area contributed by atoms with E-state index < -0.39 is 6.10 Å². The Morgan fingerprint density at radius 3 is 2.06 bits per heavy atom. The second-order valence-electron chi connectivity index (χ2n) is 17.3. The molecule has 0 saturated heterocycles. The van der Waals surface area contributed by atoms with E-state index in [0.29, 0.717) is 43.1 Å². The van der Waals surface area contributed by atoms with Gasteiger partial charge in [-0.2, -0.15) is 0 Å². The Kier molecular flexibility index (Phi) is 24.5. The summed E-state index contributed by atoms with van der Waals surface area (Å²) < 4.78 is 21.6. The average molecular weight is 710 g/mol. The van der Waals surface area contributed by atoms with Crippen LogP contribution < -0.4 is 0 Å². The number of allylic oxidation sites excluding steroid dienone is 2. The lowest BCUT2D eigenvalue weighted by Gasteiger charge is -2.36. The fourth-order valence-electron chi connectivity index (χ4n) is 6.62. The summed E-state index contributed by atoms with van der Waals surface area (Å²) in [5.41, 5.74) is 0.469. The van der Waals surface area contributed by atoms with Crippen LogP contribution in [-0.2, 0) is 38.1 Å². The van der Waals surface area contributed by atoms with Crippen LogP contribution in [0.15, 0.2) is 12.2 Å². The number of unbranched alkanes of at least 4 members (excludes halogenated alkanes) is 6. The molecule has 0 radical (unpaired) electrons. The van der Waals surface area contributed by atoms with E-state index >= 15 is 0 Å². The van der Waals surface area contributed by atoms with E-state index in [1.165, 1.54) is 20.0 Å². The van der Waals surface area contributed by atoms with E-state index in [9.17, 15) is 19.2 Å². The van der Waals surface area contributed by atoms with E-state index in [-0.39, 0.29) is 61.4 Å². The average Bonchev–Trinajstić information content (AvgIpc) is 2.97. The minimum Gasteiger partial charge on any atom is -0.466 e. The topological polar surface area (TPSA) is 108 Å². The maximum Gasteiger partial charge on any atom is 0.306 e. The summed E-state index contributed by atoms with van der Waals surface area (Å²) in [5, 5.41) is 0. The summed E-state index contributed by atoms with van der Waals surface area (Å²) in [7, 11) is 3.54. The van der Waals surface area contributed by atoms with E-state index in [2.05, 4.69) is 65.5 Å². The molecule has 0 bridgehead atoms. The number of rotatable bonds is 29. The lowest BCUT2D eigenvalue weighted by atomic mass is 9.74. The van der Waals surface area contributed by atoms with Gasteiger partial charge in [-0.25, -0.2) is 0 Å². The predicted octanol–water partition coefficient (Wildman–Crippen LogP) is 8.76. The van der Waals surface area contributed by atoms with Gasteiger partial charge < -0.3 is 28.6 Å². The first kappa shape index (κ1) is 47.7. The van der Waals surface area contributed by atoms with Crippen molar-refractivity contribution in [1.29, 1.82) is 0 Å². The zero-order valence-corrected chi connectivity index (χ0v) is 33.9. The lowest BCUT2D eigenvalue weighted by Crippen LogP contribution is -2.39. The highest BCUT2D eigenvalue weighted by atomic mass is 16.6. The monoisotopic (exact) mass is 710 g/mol. The van der Waals surface area contributed by atoms with Gasteiger partial charge in [-0.15, -0.1) is 0 Å². The molecule has 3 atom stereocenters. The van der Waals surface area contributed by atoms with E-state index in [4.69, 9.17) is 18.9 Å². The van der Waals surface area contributed by atoms with Crippen LogP contribution in [0.3, 0.4) is 0 Å². The van der Waals surface area contributed by atoms with Crippen molar-refractivity contribution >= 4 is 24.2 Å². The van der Waals surface area contributed by atoms with Crippen LogP contribution in [0.5, 0.6) is 0 Å². The van der Waals surface area contributed by atoms with E-state index in [0.717, 1.165) is 51.4 Å². The summed E-state index contributed by atoms with van der Waals surface area (Å²) in [6.07, 6.45) is 15.3. The molecular weight excluding hydrogens is 634 g/mol. The molecule has 0 N–H and O–H groups in total. The molecule has 0 aliphatic carbocycles. The molecule has 3 unspecified atom stereocenters. The van der Waals surface area contributed by atoms with Gasteiger partial charge in [-0.3, -0.25) is 14.4 Å². The Morgan fingerprint density at radius 2 is 1.42 bits per heavy atom. The second kappa shape index (κ2) is 25.7. The van der Waals surface area contributed by atoms with Crippen LogP contribution in [-0.4, -0.2) is 82.3 Å². The van der Waals surface area contributed by atoms with Gasteiger partial charge in [0.2, 0.25) is 0 Å². The van der Waals surface area contributed by atoms with Crippen molar-refractivity contribution in [2.24, 2.45) is 28.1 Å². The van der Waals surface area contributed by atoms with Gasteiger partial charge in [0.1, 0.15) is 12.9 Å². The summed E-state index contributed by atoms with van der Waals surface area (Å²) in [6.45, 7) is 21.7. The number of esters is 3. The molecule has 0 saturated carbocycles. The lowest BCUT2D eigenvalue weighted by molar-refractivity contribution is -0.163. The SMILES string of the molecule is COCC(COC(=O)CCCCCCC/C=C\CC(C)(C)CC(C)(C)C)OC(=O)CC(C)C(C)(C)CN(C)CC(C)CC(=O)OCCCC=O. The van der Waals surface area contributed by atoms with Crippen molar-refractivity contribution in [1.82, 2.24) is 4.90 Å².